The summed E-state index contributed by atoms with van der Waals surface area (Å²) in [7, 11) is -3.90. The van der Waals surface area contributed by atoms with E-state index in [0.29, 0.717) is 11.2 Å². The van der Waals surface area contributed by atoms with Gasteiger partial charge in [-0.3, -0.25) is 4.79 Å². The van der Waals surface area contributed by atoms with Crippen LogP contribution in [0.4, 0.5) is 5.82 Å². The van der Waals surface area contributed by atoms with Gasteiger partial charge in [0.25, 0.3) is 0 Å². The molecular formula is C28H32N4O3S. The molecule has 0 fully saturated rings. The number of nitrogens with one attached hydrogen (secondary N) is 1. The van der Waals surface area contributed by atoms with Gasteiger partial charge in [-0.15, -0.1) is 0 Å². The van der Waals surface area contributed by atoms with Crippen LogP contribution in [-0.4, -0.2) is 41.5 Å². The van der Waals surface area contributed by atoms with Gasteiger partial charge in [0, 0.05) is 23.4 Å². The van der Waals surface area contributed by atoms with Gasteiger partial charge in [0.15, 0.2) is 0 Å². The number of likely N-dealkylation sites (N-methyl/N-ethyl adjacent to an activating group) is 1. The fourth-order valence-electron chi connectivity index (χ4n) is 4.06. The molecule has 0 aliphatic carbocycles. The van der Waals surface area contributed by atoms with Gasteiger partial charge in [0.05, 0.1) is 22.8 Å². The van der Waals surface area contributed by atoms with Crippen LogP contribution in [0.2, 0.25) is 0 Å². The minimum atomic E-state index is -3.90. The van der Waals surface area contributed by atoms with Crippen LogP contribution in [0, 0.1) is 6.92 Å². The van der Waals surface area contributed by atoms with Crippen LogP contribution in [0.25, 0.3) is 16.5 Å². The van der Waals surface area contributed by atoms with Gasteiger partial charge in [-0.05, 0) is 36.1 Å². The minimum absolute atomic E-state index is 0.156. The Morgan fingerprint density at radius 1 is 1.00 bits per heavy atom. The Kier molecular flexibility index (Phi) is 7.02. The van der Waals surface area contributed by atoms with E-state index in [1.165, 1.54) is 4.31 Å². The zero-order valence-corrected chi connectivity index (χ0v) is 22.1. The second kappa shape index (κ2) is 9.87. The second-order valence-electron chi connectivity index (χ2n) is 9.87. The first-order valence-corrected chi connectivity index (χ1v) is 13.4. The molecule has 4 aromatic rings. The van der Waals surface area contributed by atoms with Crippen molar-refractivity contribution in [1.82, 2.24) is 14.1 Å². The Morgan fingerprint density at radius 2 is 1.69 bits per heavy atom. The average Bonchev–Trinajstić information content (AvgIpc) is 3.26. The summed E-state index contributed by atoms with van der Waals surface area (Å²) in [4.78, 5) is 13.4. The van der Waals surface area contributed by atoms with Gasteiger partial charge in [0.1, 0.15) is 5.82 Å². The fourth-order valence-corrected chi connectivity index (χ4v) is 5.68. The van der Waals surface area contributed by atoms with Crippen LogP contribution in [0.1, 0.15) is 39.0 Å². The van der Waals surface area contributed by atoms with Crippen molar-refractivity contribution < 1.29 is 13.2 Å². The second-order valence-corrected chi connectivity index (χ2v) is 11.8. The lowest BCUT2D eigenvalue weighted by Crippen LogP contribution is -2.38. The number of sulfonamides is 1. The van der Waals surface area contributed by atoms with E-state index in [2.05, 4.69) is 26.1 Å². The van der Waals surface area contributed by atoms with E-state index in [1.54, 1.807) is 29.8 Å². The molecule has 0 aliphatic heterocycles. The third-order valence-corrected chi connectivity index (χ3v) is 8.01. The molecule has 0 bridgehead atoms. The summed E-state index contributed by atoms with van der Waals surface area (Å²) < 4.78 is 30.0. The summed E-state index contributed by atoms with van der Waals surface area (Å²) >= 11 is 0. The highest BCUT2D eigenvalue weighted by atomic mass is 32.2. The summed E-state index contributed by atoms with van der Waals surface area (Å²) in [6, 6.07) is 22.2. The molecule has 36 heavy (non-hydrogen) atoms. The van der Waals surface area contributed by atoms with E-state index in [4.69, 9.17) is 5.10 Å². The van der Waals surface area contributed by atoms with Crippen LogP contribution < -0.4 is 5.32 Å². The van der Waals surface area contributed by atoms with Gasteiger partial charge in [0.2, 0.25) is 15.9 Å². The summed E-state index contributed by atoms with van der Waals surface area (Å²) in [6.45, 7) is 9.72. The first kappa shape index (κ1) is 25.6. The molecule has 0 saturated carbocycles. The first-order chi connectivity index (χ1) is 17.0. The van der Waals surface area contributed by atoms with E-state index < -0.39 is 15.9 Å². The largest absolute Gasteiger partial charge is 0.309 e. The number of carbonyl (C=O) groups excluding carboxylic acids is 1. The topological polar surface area (TPSA) is 84.3 Å². The number of hydrogen-bond donors (Lipinski definition) is 1. The average molecular weight is 505 g/mol. The van der Waals surface area contributed by atoms with Crippen LogP contribution >= 0.6 is 0 Å². The van der Waals surface area contributed by atoms with Crippen molar-refractivity contribution in [3.05, 3.63) is 84.1 Å². The lowest BCUT2D eigenvalue weighted by molar-refractivity contribution is -0.116. The standard InChI is InChI=1S/C28H32N4O3S/c1-6-31(36(34,35)24-16-10-13-21-12-7-8-15-23(21)24)19-27(33)29-26-18-25(28(3,4)5)30-32(26)22-14-9-11-20(2)17-22/h7-18H,6,19H2,1-5H3,(H,29,33). The Balaban J connectivity index is 1.64. The fraction of sp³-hybridized carbons (Fsp3) is 0.286. The lowest BCUT2D eigenvalue weighted by Gasteiger charge is -2.21. The van der Waals surface area contributed by atoms with Gasteiger partial charge < -0.3 is 5.32 Å². The van der Waals surface area contributed by atoms with Gasteiger partial charge in [-0.25, -0.2) is 13.1 Å². The van der Waals surface area contributed by atoms with Crippen molar-refractivity contribution in [1.29, 1.82) is 0 Å². The third-order valence-electron chi connectivity index (χ3n) is 6.03. The SMILES string of the molecule is CCN(CC(=O)Nc1cc(C(C)(C)C)nn1-c1cccc(C)c1)S(=O)(=O)c1cccc2ccccc12. The maximum atomic E-state index is 13.6. The maximum Gasteiger partial charge on any atom is 0.244 e. The molecule has 8 heteroatoms. The number of fused-ring (bicyclic) bond motifs is 1. The summed E-state index contributed by atoms with van der Waals surface area (Å²) in [5.74, 6) is 0.0593. The number of carbonyl (C=O) groups is 1. The van der Waals surface area contributed by atoms with E-state index in [-0.39, 0.29) is 23.4 Å². The van der Waals surface area contributed by atoms with Gasteiger partial charge in [-0.2, -0.15) is 9.40 Å². The Labute approximate surface area is 212 Å². The maximum absolute atomic E-state index is 13.6. The van der Waals surface area contributed by atoms with Gasteiger partial charge in [-0.1, -0.05) is 76.2 Å². The normalized spacial score (nSPS) is 12.3. The van der Waals surface area contributed by atoms with Crippen molar-refractivity contribution in [2.24, 2.45) is 0 Å². The highest BCUT2D eigenvalue weighted by Gasteiger charge is 2.28. The lowest BCUT2D eigenvalue weighted by atomic mass is 9.92. The quantitative estimate of drug-likeness (QED) is 0.371. The monoisotopic (exact) mass is 504 g/mol. The van der Waals surface area contributed by atoms with Crippen LogP contribution in [0.5, 0.6) is 0 Å². The Hall–Kier alpha value is -3.49. The van der Waals surface area contributed by atoms with E-state index in [0.717, 1.165) is 22.3 Å². The number of benzene rings is 3. The number of anilines is 1. The molecule has 1 aromatic heterocycles. The number of amides is 1. The number of aryl methyl sites for hydroxylation is 1. The van der Waals surface area contributed by atoms with Crippen molar-refractivity contribution in [2.45, 2.75) is 44.9 Å². The van der Waals surface area contributed by atoms with E-state index in [9.17, 15) is 13.2 Å². The highest BCUT2D eigenvalue weighted by molar-refractivity contribution is 7.89. The number of aromatic nitrogens is 2. The number of nitrogens with zero attached hydrogens (tertiary/aromatic N) is 3. The summed E-state index contributed by atoms with van der Waals surface area (Å²) in [6.07, 6.45) is 0. The molecule has 0 radical (unpaired) electrons. The molecule has 3 aromatic carbocycles. The Bertz CT molecular complexity index is 1510. The van der Waals surface area contributed by atoms with Gasteiger partial charge >= 0.3 is 0 Å². The molecule has 0 atom stereocenters. The smallest absolute Gasteiger partial charge is 0.244 e. The molecular weight excluding hydrogens is 472 g/mol. The molecule has 188 valence electrons. The van der Waals surface area contributed by atoms with E-state index >= 15 is 0 Å². The summed E-state index contributed by atoms with van der Waals surface area (Å²) in [5, 5.41) is 9.11. The third kappa shape index (κ3) is 5.20. The number of rotatable bonds is 7. The molecule has 4 rings (SSSR count). The minimum Gasteiger partial charge on any atom is -0.309 e. The summed E-state index contributed by atoms with van der Waals surface area (Å²) in [5.41, 5.74) is 2.46. The first-order valence-electron chi connectivity index (χ1n) is 12.0. The molecule has 0 unspecified atom stereocenters. The van der Waals surface area contributed by atoms with Crippen LogP contribution in [0.15, 0.2) is 77.7 Å². The van der Waals surface area contributed by atoms with Crippen LogP contribution in [0.3, 0.4) is 0 Å². The molecule has 1 amide bonds. The van der Waals surface area contributed by atoms with Crippen molar-refractivity contribution >= 4 is 32.5 Å². The highest BCUT2D eigenvalue weighted by Crippen LogP contribution is 2.28. The molecule has 1 heterocycles. The molecule has 0 saturated heterocycles. The number of hydrogen-bond acceptors (Lipinski definition) is 4. The zero-order chi connectivity index (χ0) is 26.1. The predicted molar refractivity (Wildman–Crippen MR) is 144 cm³/mol. The Morgan fingerprint density at radius 3 is 2.39 bits per heavy atom. The predicted octanol–water partition coefficient (Wildman–Crippen LogP) is 5.28. The van der Waals surface area contributed by atoms with Crippen molar-refractivity contribution in [3.8, 4) is 5.69 Å². The van der Waals surface area contributed by atoms with Crippen LogP contribution in [-0.2, 0) is 20.2 Å². The van der Waals surface area contributed by atoms with E-state index in [1.807, 2.05) is 61.5 Å². The van der Waals surface area contributed by atoms with Crippen molar-refractivity contribution in [2.75, 3.05) is 18.4 Å². The molecule has 0 spiro atoms. The zero-order valence-electron chi connectivity index (χ0n) is 21.3. The molecule has 1 N–H and O–H groups in total. The molecule has 0 aliphatic rings. The molecule has 7 nitrogen and oxygen atoms in total. The van der Waals surface area contributed by atoms with Crippen molar-refractivity contribution in [3.63, 3.8) is 0 Å².